The first-order valence-corrected chi connectivity index (χ1v) is 11.1. The number of likely N-dealkylation sites (N-methyl/N-ethyl adjacent to an activating group) is 1. The van der Waals surface area contributed by atoms with Crippen LogP contribution < -0.4 is 5.32 Å². The molecule has 2 aromatic rings. The highest BCUT2D eigenvalue weighted by atomic mass is 32.1. The van der Waals surface area contributed by atoms with E-state index < -0.39 is 0 Å². The highest BCUT2D eigenvalue weighted by Crippen LogP contribution is 2.40. The van der Waals surface area contributed by atoms with E-state index in [0.29, 0.717) is 5.92 Å². The third-order valence-corrected chi connectivity index (χ3v) is 7.22. The highest BCUT2D eigenvalue weighted by Gasteiger charge is 2.31. The summed E-state index contributed by atoms with van der Waals surface area (Å²) in [5.41, 5.74) is 4.47. The van der Waals surface area contributed by atoms with Crippen LogP contribution in [0.3, 0.4) is 0 Å². The van der Waals surface area contributed by atoms with Crippen LogP contribution in [-0.2, 0) is 17.6 Å². The predicted molar refractivity (Wildman–Crippen MR) is 121 cm³/mol. The Hall–Kier alpha value is -2.14. The van der Waals surface area contributed by atoms with Gasteiger partial charge in [0.2, 0.25) is 5.91 Å². The minimum absolute atomic E-state index is 0.0415. The molecule has 2 amide bonds. The number of fused-ring (bicyclic) bond motifs is 1. The number of amides is 2. The van der Waals surface area contributed by atoms with Crippen molar-refractivity contribution < 1.29 is 9.59 Å². The summed E-state index contributed by atoms with van der Waals surface area (Å²) in [5, 5.41) is 2.96. The number of benzene rings is 1. The Balaban J connectivity index is 1.65. The number of aryl methyl sites for hydroxylation is 3. The van der Waals surface area contributed by atoms with Crippen molar-refractivity contribution in [1.82, 2.24) is 4.90 Å². The highest BCUT2D eigenvalue weighted by molar-refractivity contribution is 7.14. The molecular weight excluding hydrogens is 380 g/mol. The normalized spacial score (nSPS) is 16.3. The zero-order valence-corrected chi connectivity index (χ0v) is 19.2. The second-order valence-corrected chi connectivity index (χ2v) is 10.5. The third-order valence-electron chi connectivity index (χ3n) is 5.99. The number of para-hydroxylation sites is 1. The molecule has 0 spiro atoms. The van der Waals surface area contributed by atoms with E-state index in [-0.39, 0.29) is 23.8 Å². The van der Waals surface area contributed by atoms with Gasteiger partial charge >= 0.3 is 0 Å². The standard InChI is InChI=1S/C24H32N2O2S/c1-15-8-7-9-16(2)22(15)25-21(27)14-26(6)23(28)20-13-17-12-18(24(3,4)5)10-11-19(17)29-20/h7-9,13,18H,10-12,14H2,1-6H3,(H,25,27)/t18-/m1/s1. The molecule has 29 heavy (non-hydrogen) atoms. The van der Waals surface area contributed by atoms with Gasteiger partial charge in [0, 0.05) is 17.6 Å². The summed E-state index contributed by atoms with van der Waals surface area (Å²) in [6.45, 7) is 10.9. The monoisotopic (exact) mass is 412 g/mol. The summed E-state index contributed by atoms with van der Waals surface area (Å²) in [4.78, 5) is 29.0. The van der Waals surface area contributed by atoms with Crippen LogP contribution in [0.2, 0.25) is 0 Å². The van der Waals surface area contributed by atoms with Gasteiger partial charge in [-0.2, -0.15) is 0 Å². The van der Waals surface area contributed by atoms with Gasteiger partial charge in [0.05, 0.1) is 11.4 Å². The molecule has 5 heteroatoms. The first-order chi connectivity index (χ1) is 13.6. The fraction of sp³-hybridized carbons (Fsp3) is 0.500. The summed E-state index contributed by atoms with van der Waals surface area (Å²) in [6.07, 6.45) is 3.27. The van der Waals surface area contributed by atoms with Crippen LogP contribution in [0, 0.1) is 25.2 Å². The third kappa shape index (κ3) is 4.89. The molecule has 1 heterocycles. The first kappa shape index (κ1) is 21.6. The maximum absolute atomic E-state index is 12.9. The molecule has 1 aromatic heterocycles. The van der Waals surface area contributed by atoms with Crippen LogP contribution >= 0.6 is 11.3 Å². The van der Waals surface area contributed by atoms with Crippen LogP contribution in [-0.4, -0.2) is 30.3 Å². The van der Waals surface area contributed by atoms with Gasteiger partial charge in [0.15, 0.2) is 0 Å². The SMILES string of the molecule is Cc1cccc(C)c1NC(=O)CN(C)C(=O)c1cc2c(s1)CC[C@@H](C(C)(C)C)C2. The molecule has 1 aliphatic carbocycles. The number of carbonyl (C=O) groups is 2. The molecule has 0 fully saturated rings. The number of nitrogens with one attached hydrogen (secondary N) is 1. The molecular formula is C24H32N2O2S. The topological polar surface area (TPSA) is 49.4 Å². The van der Waals surface area contributed by atoms with Crippen molar-refractivity contribution in [2.45, 2.75) is 53.9 Å². The van der Waals surface area contributed by atoms with Crippen molar-refractivity contribution in [3.8, 4) is 0 Å². The summed E-state index contributed by atoms with van der Waals surface area (Å²) >= 11 is 1.60. The summed E-state index contributed by atoms with van der Waals surface area (Å²) in [6, 6.07) is 7.97. The minimum atomic E-state index is -0.174. The molecule has 1 atom stereocenters. The van der Waals surface area contributed by atoms with E-state index in [1.165, 1.54) is 21.8 Å². The Morgan fingerprint density at radius 1 is 1.21 bits per heavy atom. The van der Waals surface area contributed by atoms with Crippen LogP contribution in [0.5, 0.6) is 0 Å². The van der Waals surface area contributed by atoms with Crippen LogP contribution in [0.1, 0.15) is 58.4 Å². The van der Waals surface area contributed by atoms with Crippen molar-refractivity contribution in [3.05, 3.63) is 50.7 Å². The van der Waals surface area contributed by atoms with Crippen molar-refractivity contribution in [3.63, 3.8) is 0 Å². The predicted octanol–water partition coefficient (Wildman–Crippen LogP) is 5.23. The Morgan fingerprint density at radius 3 is 2.48 bits per heavy atom. The van der Waals surface area contributed by atoms with Crippen molar-refractivity contribution in [2.75, 3.05) is 18.9 Å². The van der Waals surface area contributed by atoms with E-state index >= 15 is 0 Å². The number of carbonyl (C=O) groups excluding carboxylic acids is 2. The Bertz CT molecular complexity index is 903. The maximum atomic E-state index is 12.9. The minimum Gasteiger partial charge on any atom is -0.332 e. The number of nitrogens with zero attached hydrogens (tertiary/aromatic N) is 1. The number of anilines is 1. The van der Waals surface area contributed by atoms with Crippen LogP contribution in [0.4, 0.5) is 5.69 Å². The molecule has 0 bridgehead atoms. The van der Waals surface area contributed by atoms with Gasteiger partial charge in [-0.15, -0.1) is 11.3 Å². The lowest BCUT2D eigenvalue weighted by Gasteiger charge is -2.33. The van der Waals surface area contributed by atoms with Gasteiger partial charge in [0.25, 0.3) is 5.91 Å². The summed E-state index contributed by atoms with van der Waals surface area (Å²) in [7, 11) is 1.70. The van der Waals surface area contributed by atoms with E-state index in [9.17, 15) is 9.59 Å². The molecule has 0 unspecified atom stereocenters. The van der Waals surface area contributed by atoms with Gasteiger partial charge in [-0.3, -0.25) is 9.59 Å². The molecule has 0 radical (unpaired) electrons. The first-order valence-electron chi connectivity index (χ1n) is 10.3. The summed E-state index contributed by atoms with van der Waals surface area (Å²) < 4.78 is 0. The van der Waals surface area contributed by atoms with E-state index in [2.05, 4.69) is 32.2 Å². The zero-order valence-electron chi connectivity index (χ0n) is 18.4. The molecule has 0 saturated carbocycles. The van der Waals surface area contributed by atoms with Crippen molar-refractivity contribution >= 4 is 28.8 Å². The van der Waals surface area contributed by atoms with E-state index in [4.69, 9.17) is 0 Å². The van der Waals surface area contributed by atoms with Gasteiger partial charge in [0.1, 0.15) is 0 Å². The van der Waals surface area contributed by atoms with Gasteiger partial charge in [-0.25, -0.2) is 0 Å². The zero-order chi connectivity index (χ0) is 21.3. The number of thiophene rings is 1. The maximum Gasteiger partial charge on any atom is 0.264 e. The van der Waals surface area contributed by atoms with Crippen molar-refractivity contribution in [1.29, 1.82) is 0 Å². The fourth-order valence-corrected chi connectivity index (χ4v) is 5.24. The molecule has 1 aliphatic rings. The Kier molecular flexibility index (Phi) is 6.18. The molecule has 4 nitrogen and oxygen atoms in total. The van der Waals surface area contributed by atoms with Crippen LogP contribution in [0.25, 0.3) is 0 Å². The average Bonchev–Trinajstić information content (AvgIpc) is 3.06. The van der Waals surface area contributed by atoms with E-state index in [1.807, 2.05) is 32.0 Å². The molecule has 1 aromatic carbocycles. The number of hydrogen-bond donors (Lipinski definition) is 1. The molecule has 3 rings (SSSR count). The van der Waals surface area contributed by atoms with Gasteiger partial charge in [-0.1, -0.05) is 39.0 Å². The molecule has 0 saturated heterocycles. The lowest BCUT2D eigenvalue weighted by Crippen LogP contribution is -2.34. The summed E-state index contributed by atoms with van der Waals surface area (Å²) in [5.74, 6) is 0.397. The Labute approximate surface area is 178 Å². The smallest absolute Gasteiger partial charge is 0.264 e. The van der Waals surface area contributed by atoms with Crippen LogP contribution in [0.15, 0.2) is 24.3 Å². The molecule has 156 valence electrons. The quantitative estimate of drug-likeness (QED) is 0.748. The molecule has 0 aliphatic heterocycles. The van der Waals surface area contributed by atoms with Crippen molar-refractivity contribution in [2.24, 2.45) is 11.3 Å². The largest absolute Gasteiger partial charge is 0.332 e. The second-order valence-electron chi connectivity index (χ2n) is 9.34. The second kappa shape index (κ2) is 8.31. The van der Waals surface area contributed by atoms with Gasteiger partial charge in [-0.05, 0) is 67.2 Å². The number of rotatable bonds is 4. The lowest BCUT2D eigenvalue weighted by atomic mass is 9.72. The molecule has 1 N–H and O–H groups in total. The lowest BCUT2D eigenvalue weighted by molar-refractivity contribution is -0.116. The van der Waals surface area contributed by atoms with E-state index in [1.54, 1.807) is 18.4 Å². The average molecular weight is 413 g/mol. The fourth-order valence-electron chi connectivity index (χ4n) is 4.03. The van der Waals surface area contributed by atoms with Gasteiger partial charge < -0.3 is 10.2 Å². The number of hydrogen-bond acceptors (Lipinski definition) is 3. The Morgan fingerprint density at radius 2 is 1.86 bits per heavy atom. The van der Waals surface area contributed by atoms with E-state index in [0.717, 1.165) is 34.5 Å².